The van der Waals surface area contributed by atoms with E-state index in [9.17, 15) is 25.1 Å². The summed E-state index contributed by atoms with van der Waals surface area (Å²) < 4.78 is 0. The van der Waals surface area contributed by atoms with Gasteiger partial charge in [0.25, 0.3) is 11.6 Å². The number of nitro benzene ring substituents is 1. The van der Waals surface area contributed by atoms with Gasteiger partial charge in [-0.3, -0.25) is 14.9 Å². The summed E-state index contributed by atoms with van der Waals surface area (Å²) in [5.74, 6) is -0.382. The van der Waals surface area contributed by atoms with Gasteiger partial charge in [0.1, 0.15) is 5.69 Å². The largest absolute Gasteiger partial charge is 0.388 e. The molecule has 3 N–H and O–H groups in total. The zero-order valence-corrected chi connectivity index (χ0v) is 10.8. The molecule has 1 heterocycles. The van der Waals surface area contributed by atoms with Crippen molar-refractivity contribution in [3.63, 3.8) is 0 Å². The fourth-order valence-electron chi connectivity index (χ4n) is 2.15. The molecule has 0 saturated carbocycles. The zero-order chi connectivity index (χ0) is 14.9. The van der Waals surface area contributed by atoms with Gasteiger partial charge in [-0.1, -0.05) is 0 Å². The monoisotopic (exact) mass is 281 g/mol. The summed E-state index contributed by atoms with van der Waals surface area (Å²) in [4.78, 5) is 23.8. The molecule has 1 aliphatic rings. The molecule has 2 rings (SSSR count). The average Bonchev–Trinajstić information content (AvgIpc) is 2.77. The van der Waals surface area contributed by atoms with Crippen molar-refractivity contribution in [2.45, 2.75) is 12.2 Å². The number of nitrogens with zero attached hydrogens (tertiary/aromatic N) is 2. The Hall–Kier alpha value is -2.19. The fraction of sp³-hybridized carbons (Fsp3) is 0.417. The zero-order valence-electron chi connectivity index (χ0n) is 10.8. The standard InChI is InChI=1S/C12H15N3O5/c1-13-8-4-7(2-3-9(8)15(19)20)12(18)14-5-10(16)11(17)6-14/h2-4,10-11,13,16-17H,5-6H2,1H3. The molecule has 2 unspecified atom stereocenters. The molecular formula is C12H15N3O5. The van der Waals surface area contributed by atoms with E-state index in [0.717, 1.165) is 0 Å². The van der Waals surface area contributed by atoms with Crippen LogP contribution in [0.4, 0.5) is 11.4 Å². The second-order valence-corrected chi connectivity index (χ2v) is 4.58. The van der Waals surface area contributed by atoms with Gasteiger partial charge in [0.15, 0.2) is 0 Å². The van der Waals surface area contributed by atoms with Crippen LogP contribution in [0.1, 0.15) is 10.4 Å². The fourth-order valence-corrected chi connectivity index (χ4v) is 2.15. The molecule has 1 aliphatic heterocycles. The highest BCUT2D eigenvalue weighted by molar-refractivity contribution is 5.96. The maximum absolute atomic E-state index is 12.2. The molecule has 1 aromatic rings. The lowest BCUT2D eigenvalue weighted by Crippen LogP contribution is -2.29. The van der Waals surface area contributed by atoms with Crippen LogP contribution in [0.5, 0.6) is 0 Å². The van der Waals surface area contributed by atoms with E-state index in [0.29, 0.717) is 0 Å². The Morgan fingerprint density at radius 1 is 1.40 bits per heavy atom. The molecule has 0 radical (unpaired) electrons. The smallest absolute Gasteiger partial charge is 0.292 e. The lowest BCUT2D eigenvalue weighted by molar-refractivity contribution is -0.383. The Morgan fingerprint density at radius 3 is 2.50 bits per heavy atom. The number of likely N-dealkylation sites (tertiary alicyclic amines) is 1. The van der Waals surface area contributed by atoms with Crippen LogP contribution < -0.4 is 5.32 Å². The number of nitro groups is 1. The van der Waals surface area contributed by atoms with Gasteiger partial charge in [0, 0.05) is 31.8 Å². The second kappa shape index (κ2) is 5.43. The minimum absolute atomic E-state index is 0.0475. The van der Waals surface area contributed by atoms with E-state index in [-0.39, 0.29) is 35.9 Å². The van der Waals surface area contributed by atoms with Crippen LogP contribution >= 0.6 is 0 Å². The van der Waals surface area contributed by atoms with Crippen LogP contribution in [-0.4, -0.2) is 58.3 Å². The third-order valence-corrected chi connectivity index (χ3v) is 3.26. The quantitative estimate of drug-likeness (QED) is 0.522. The van der Waals surface area contributed by atoms with Crippen LogP contribution in [0.25, 0.3) is 0 Å². The van der Waals surface area contributed by atoms with Crippen LogP contribution in [0.3, 0.4) is 0 Å². The number of aliphatic hydroxyl groups excluding tert-OH is 2. The molecule has 0 aliphatic carbocycles. The number of hydrogen-bond donors (Lipinski definition) is 3. The molecule has 1 aromatic carbocycles. The van der Waals surface area contributed by atoms with Gasteiger partial charge in [0.2, 0.25) is 0 Å². The van der Waals surface area contributed by atoms with Gasteiger partial charge in [-0.05, 0) is 12.1 Å². The summed E-state index contributed by atoms with van der Waals surface area (Å²) in [7, 11) is 1.53. The summed E-state index contributed by atoms with van der Waals surface area (Å²) in [6.45, 7) is 0.0950. The van der Waals surface area contributed by atoms with Gasteiger partial charge < -0.3 is 20.4 Å². The summed E-state index contributed by atoms with van der Waals surface area (Å²) >= 11 is 0. The first-order valence-corrected chi connectivity index (χ1v) is 6.05. The van der Waals surface area contributed by atoms with Gasteiger partial charge in [0.05, 0.1) is 17.1 Å². The highest BCUT2D eigenvalue weighted by Gasteiger charge is 2.33. The SMILES string of the molecule is CNc1cc(C(=O)N2CC(O)C(O)C2)ccc1[N+](=O)[O-]. The number of aliphatic hydroxyl groups is 2. The van der Waals surface area contributed by atoms with Crippen LogP contribution in [-0.2, 0) is 0 Å². The molecule has 2 atom stereocenters. The predicted octanol–water partition coefficient (Wildman–Crippen LogP) is -0.186. The molecule has 0 bridgehead atoms. The van der Waals surface area contributed by atoms with Gasteiger partial charge in [-0.2, -0.15) is 0 Å². The third kappa shape index (κ3) is 2.56. The van der Waals surface area contributed by atoms with Crippen molar-refractivity contribution in [2.75, 3.05) is 25.5 Å². The van der Waals surface area contributed by atoms with Crippen molar-refractivity contribution in [3.8, 4) is 0 Å². The van der Waals surface area contributed by atoms with E-state index < -0.39 is 17.1 Å². The van der Waals surface area contributed by atoms with E-state index in [1.807, 2.05) is 0 Å². The van der Waals surface area contributed by atoms with Gasteiger partial charge >= 0.3 is 0 Å². The molecule has 108 valence electrons. The number of hydrogen-bond acceptors (Lipinski definition) is 6. The topological polar surface area (TPSA) is 116 Å². The van der Waals surface area contributed by atoms with E-state index >= 15 is 0 Å². The Bertz CT molecular complexity index is 538. The van der Waals surface area contributed by atoms with Crippen molar-refractivity contribution < 1.29 is 19.9 Å². The maximum Gasteiger partial charge on any atom is 0.292 e. The van der Waals surface area contributed by atoms with Crippen LogP contribution in [0, 0.1) is 10.1 Å². The number of benzene rings is 1. The minimum Gasteiger partial charge on any atom is -0.388 e. The summed E-state index contributed by atoms with van der Waals surface area (Å²) in [5, 5.41) is 32.3. The first-order valence-electron chi connectivity index (χ1n) is 6.05. The summed E-state index contributed by atoms with van der Waals surface area (Å²) in [5.41, 5.74) is 0.382. The lowest BCUT2D eigenvalue weighted by atomic mass is 10.1. The van der Waals surface area contributed by atoms with Crippen LogP contribution in [0.15, 0.2) is 18.2 Å². The molecular weight excluding hydrogens is 266 g/mol. The molecule has 8 nitrogen and oxygen atoms in total. The number of carbonyl (C=O) groups excluding carboxylic acids is 1. The Balaban J connectivity index is 2.25. The number of β-amino-alcohol motifs (C(OH)–C–C–N with tert-alkyl or cyclic N) is 2. The summed E-state index contributed by atoms with van der Waals surface area (Å²) in [6, 6.07) is 4.00. The molecule has 1 fully saturated rings. The normalized spacial score (nSPS) is 21.9. The molecule has 1 saturated heterocycles. The first kappa shape index (κ1) is 14.2. The number of amides is 1. The van der Waals surface area contributed by atoms with Crippen LogP contribution in [0.2, 0.25) is 0 Å². The van der Waals surface area contributed by atoms with Crippen molar-refractivity contribution >= 4 is 17.3 Å². The average molecular weight is 281 g/mol. The van der Waals surface area contributed by atoms with Crippen molar-refractivity contribution in [2.24, 2.45) is 0 Å². The highest BCUT2D eigenvalue weighted by Crippen LogP contribution is 2.26. The van der Waals surface area contributed by atoms with E-state index in [2.05, 4.69) is 5.32 Å². The van der Waals surface area contributed by atoms with Crippen molar-refractivity contribution in [1.29, 1.82) is 0 Å². The Morgan fingerprint density at radius 2 is 2.00 bits per heavy atom. The molecule has 1 amide bonds. The van der Waals surface area contributed by atoms with Gasteiger partial charge in [-0.25, -0.2) is 0 Å². The molecule has 0 spiro atoms. The number of carbonyl (C=O) groups is 1. The van der Waals surface area contributed by atoms with E-state index in [4.69, 9.17) is 0 Å². The van der Waals surface area contributed by atoms with Crippen molar-refractivity contribution in [1.82, 2.24) is 4.90 Å². The molecule has 20 heavy (non-hydrogen) atoms. The molecule has 0 aromatic heterocycles. The number of rotatable bonds is 3. The van der Waals surface area contributed by atoms with Gasteiger partial charge in [-0.15, -0.1) is 0 Å². The van der Waals surface area contributed by atoms with E-state index in [1.165, 1.54) is 30.1 Å². The number of anilines is 1. The second-order valence-electron chi connectivity index (χ2n) is 4.58. The first-order chi connectivity index (χ1) is 9.43. The van der Waals surface area contributed by atoms with E-state index in [1.54, 1.807) is 0 Å². The minimum atomic E-state index is -0.958. The Kier molecular flexibility index (Phi) is 3.86. The lowest BCUT2D eigenvalue weighted by Gasteiger charge is -2.15. The predicted molar refractivity (Wildman–Crippen MR) is 70.6 cm³/mol. The Labute approximate surface area is 114 Å². The highest BCUT2D eigenvalue weighted by atomic mass is 16.6. The number of nitrogens with one attached hydrogen (secondary N) is 1. The molecule has 8 heteroatoms. The maximum atomic E-state index is 12.2. The van der Waals surface area contributed by atoms with Crippen molar-refractivity contribution in [3.05, 3.63) is 33.9 Å². The third-order valence-electron chi connectivity index (χ3n) is 3.26. The summed E-state index contributed by atoms with van der Waals surface area (Å²) in [6.07, 6.45) is -1.92.